The van der Waals surface area contributed by atoms with Crippen LogP contribution in [0.1, 0.15) is 27.7 Å². The molecule has 0 heterocycles. The summed E-state index contributed by atoms with van der Waals surface area (Å²) in [5.74, 6) is -0.224. The van der Waals surface area contributed by atoms with Crippen LogP contribution in [-0.4, -0.2) is 40.1 Å². The fourth-order valence-corrected chi connectivity index (χ4v) is 3.39. The number of rotatable bonds is 7. The molecule has 0 aromatic carbocycles. The predicted molar refractivity (Wildman–Crippen MR) is 86.1 cm³/mol. The zero-order valence-corrected chi connectivity index (χ0v) is 15.7. The van der Waals surface area contributed by atoms with E-state index in [1.165, 1.54) is 6.26 Å². The summed E-state index contributed by atoms with van der Waals surface area (Å²) >= 11 is 0. The van der Waals surface area contributed by atoms with Crippen molar-refractivity contribution >= 4 is 23.9 Å². The predicted octanol–water partition coefficient (Wildman–Crippen LogP) is 2.81. The number of carbonyl (C=O) groups excluding carboxylic acids is 1. The van der Waals surface area contributed by atoms with Crippen molar-refractivity contribution in [3.8, 4) is 0 Å². The molecule has 0 bridgehead atoms. The fourth-order valence-electron chi connectivity index (χ4n) is 1.77. The van der Waals surface area contributed by atoms with E-state index < -0.39 is 23.4 Å². The Kier molecular flexibility index (Phi) is 6.84. The van der Waals surface area contributed by atoms with Gasteiger partial charge in [0, 0.05) is 12.2 Å². The summed E-state index contributed by atoms with van der Waals surface area (Å²) < 4.78 is 29.2. The maximum absolute atomic E-state index is 11.6. The van der Waals surface area contributed by atoms with Crippen LogP contribution in [0.3, 0.4) is 0 Å². The second-order valence-electron chi connectivity index (χ2n) is 6.50. The number of sulfone groups is 1. The number of hydrogen-bond donors (Lipinski definition) is 0. The Morgan fingerprint density at radius 3 is 1.90 bits per heavy atom. The van der Waals surface area contributed by atoms with E-state index in [4.69, 9.17) is 4.43 Å². The van der Waals surface area contributed by atoms with Crippen LogP contribution < -0.4 is 0 Å². The Morgan fingerprint density at radius 2 is 1.60 bits per heavy atom. The lowest BCUT2D eigenvalue weighted by atomic mass is 9.94. The van der Waals surface area contributed by atoms with E-state index in [9.17, 15) is 13.2 Å². The Labute approximate surface area is 124 Å². The Morgan fingerprint density at radius 1 is 1.15 bits per heavy atom. The van der Waals surface area contributed by atoms with Crippen molar-refractivity contribution in [2.45, 2.75) is 58.7 Å². The Hall–Kier alpha value is -0.463. The molecule has 0 amide bonds. The zero-order chi connectivity index (χ0) is 16.3. The number of hydrogen-bond acceptors (Lipinski definition) is 4. The molecule has 0 aliphatic rings. The standard InChI is InChI=1S/C14H28O4SSi/c1-10(9-11(2)19(5,16)17)14(12(3)13(4)15)18-20(6,7)8/h9,11-12,14H,1-8H3/b10-9-/t11-,12-,14-/m1/s1. The van der Waals surface area contributed by atoms with Crippen molar-refractivity contribution in [3.63, 3.8) is 0 Å². The molecule has 0 saturated heterocycles. The topological polar surface area (TPSA) is 60.4 Å². The minimum Gasteiger partial charge on any atom is -0.410 e. The average molecular weight is 321 g/mol. The first-order valence-electron chi connectivity index (χ1n) is 6.81. The van der Waals surface area contributed by atoms with E-state index in [2.05, 4.69) is 19.6 Å². The summed E-state index contributed by atoms with van der Waals surface area (Å²) in [6.45, 7) is 13.0. The van der Waals surface area contributed by atoms with Crippen molar-refractivity contribution in [2.24, 2.45) is 5.92 Å². The summed E-state index contributed by atoms with van der Waals surface area (Å²) in [5.41, 5.74) is 0.813. The molecule has 0 saturated carbocycles. The molecule has 20 heavy (non-hydrogen) atoms. The smallest absolute Gasteiger partial charge is 0.184 e. The van der Waals surface area contributed by atoms with Crippen LogP contribution >= 0.6 is 0 Å². The molecule has 0 aliphatic carbocycles. The summed E-state index contributed by atoms with van der Waals surface area (Å²) in [5, 5.41) is -0.575. The molecular weight excluding hydrogens is 292 g/mol. The van der Waals surface area contributed by atoms with Gasteiger partial charge in [0.05, 0.1) is 11.4 Å². The molecule has 0 radical (unpaired) electrons. The van der Waals surface area contributed by atoms with E-state index in [-0.39, 0.29) is 17.8 Å². The van der Waals surface area contributed by atoms with Gasteiger partial charge in [0.25, 0.3) is 0 Å². The summed E-state index contributed by atoms with van der Waals surface area (Å²) in [6, 6.07) is 0. The van der Waals surface area contributed by atoms with Crippen molar-refractivity contribution in [1.82, 2.24) is 0 Å². The Balaban J connectivity index is 5.42. The van der Waals surface area contributed by atoms with E-state index >= 15 is 0 Å². The molecule has 0 unspecified atom stereocenters. The molecular formula is C14H28O4SSi. The van der Waals surface area contributed by atoms with Crippen LogP contribution in [0.15, 0.2) is 11.6 Å². The molecule has 0 aromatic heterocycles. The quantitative estimate of drug-likeness (QED) is 0.534. The second kappa shape index (κ2) is 7.00. The van der Waals surface area contributed by atoms with Gasteiger partial charge in [-0.2, -0.15) is 0 Å². The highest BCUT2D eigenvalue weighted by molar-refractivity contribution is 7.91. The molecule has 0 aliphatic heterocycles. The highest BCUT2D eigenvalue weighted by Gasteiger charge is 2.29. The summed E-state index contributed by atoms with van der Waals surface area (Å²) in [7, 11) is -4.96. The van der Waals surface area contributed by atoms with Gasteiger partial charge in [-0.3, -0.25) is 4.79 Å². The van der Waals surface area contributed by atoms with Crippen molar-refractivity contribution in [2.75, 3.05) is 6.26 Å². The van der Waals surface area contributed by atoms with Crippen LogP contribution in [0.25, 0.3) is 0 Å². The monoisotopic (exact) mass is 320 g/mol. The highest BCUT2D eigenvalue weighted by atomic mass is 32.2. The average Bonchev–Trinajstić information content (AvgIpc) is 2.21. The van der Waals surface area contributed by atoms with Crippen LogP contribution in [0, 0.1) is 5.92 Å². The first-order chi connectivity index (χ1) is 8.75. The summed E-state index contributed by atoms with van der Waals surface area (Å²) in [4.78, 5) is 11.6. The third-order valence-electron chi connectivity index (χ3n) is 3.20. The normalized spacial score (nSPS) is 18.5. The van der Waals surface area contributed by atoms with Crippen LogP contribution in [0.5, 0.6) is 0 Å². The zero-order valence-electron chi connectivity index (χ0n) is 13.9. The molecule has 0 rings (SSSR count). The van der Waals surface area contributed by atoms with Gasteiger partial charge in [0.2, 0.25) is 0 Å². The minimum atomic E-state index is -3.13. The molecule has 6 heteroatoms. The van der Waals surface area contributed by atoms with Gasteiger partial charge in [0.1, 0.15) is 5.78 Å². The lowest BCUT2D eigenvalue weighted by Crippen LogP contribution is -2.38. The minimum absolute atomic E-state index is 0.0491. The maximum atomic E-state index is 11.6. The molecule has 0 fully saturated rings. The van der Waals surface area contributed by atoms with Gasteiger partial charge in [-0.05, 0) is 46.0 Å². The van der Waals surface area contributed by atoms with Crippen molar-refractivity contribution < 1.29 is 17.6 Å². The highest BCUT2D eigenvalue weighted by Crippen LogP contribution is 2.23. The lowest BCUT2D eigenvalue weighted by Gasteiger charge is -2.31. The first-order valence-corrected chi connectivity index (χ1v) is 12.2. The van der Waals surface area contributed by atoms with Crippen molar-refractivity contribution in [1.29, 1.82) is 0 Å². The van der Waals surface area contributed by atoms with Crippen LogP contribution in [-0.2, 0) is 19.1 Å². The van der Waals surface area contributed by atoms with Gasteiger partial charge in [-0.1, -0.05) is 13.0 Å². The van der Waals surface area contributed by atoms with Crippen LogP contribution in [0.4, 0.5) is 0 Å². The van der Waals surface area contributed by atoms with Crippen molar-refractivity contribution in [3.05, 3.63) is 11.6 Å². The van der Waals surface area contributed by atoms with Gasteiger partial charge < -0.3 is 4.43 Å². The first kappa shape index (κ1) is 19.5. The summed E-state index contributed by atoms with van der Waals surface area (Å²) in [6.07, 6.45) is 2.56. The van der Waals surface area contributed by atoms with E-state index in [0.29, 0.717) is 0 Å². The molecule has 4 nitrogen and oxygen atoms in total. The lowest BCUT2D eigenvalue weighted by molar-refractivity contribution is -0.122. The third-order valence-corrected chi connectivity index (χ3v) is 5.65. The molecule has 0 spiro atoms. The van der Waals surface area contributed by atoms with Gasteiger partial charge in [-0.15, -0.1) is 0 Å². The van der Waals surface area contributed by atoms with Crippen LogP contribution in [0.2, 0.25) is 19.6 Å². The Bertz CT molecular complexity index is 474. The second-order valence-corrected chi connectivity index (χ2v) is 13.4. The van der Waals surface area contributed by atoms with E-state index in [1.54, 1.807) is 19.9 Å². The third kappa shape index (κ3) is 6.81. The molecule has 0 aromatic rings. The number of ketones is 1. The SMILES string of the molecule is CC(=O)[C@@H](C)[C@H](O[Si](C)(C)C)/C(C)=C\[C@@H](C)S(C)(=O)=O. The van der Waals surface area contributed by atoms with Gasteiger partial charge in [0.15, 0.2) is 18.2 Å². The largest absolute Gasteiger partial charge is 0.410 e. The molecule has 118 valence electrons. The van der Waals surface area contributed by atoms with E-state index in [0.717, 1.165) is 5.57 Å². The fraction of sp³-hybridized carbons (Fsp3) is 0.786. The molecule has 0 N–H and O–H groups in total. The number of Topliss-reactive ketones (excluding diaryl/α,β-unsaturated/α-hetero) is 1. The van der Waals surface area contributed by atoms with Gasteiger partial charge >= 0.3 is 0 Å². The molecule has 3 atom stereocenters. The maximum Gasteiger partial charge on any atom is 0.184 e. The number of carbonyl (C=O) groups is 1. The van der Waals surface area contributed by atoms with E-state index in [1.807, 2.05) is 13.8 Å². The van der Waals surface area contributed by atoms with Gasteiger partial charge in [-0.25, -0.2) is 8.42 Å².